The Morgan fingerprint density at radius 3 is 3.00 bits per heavy atom. The number of imidazole rings is 1. The molecule has 0 unspecified atom stereocenters. The number of fused-ring (bicyclic) bond motifs is 1. The van der Waals surface area contributed by atoms with Crippen molar-refractivity contribution in [2.24, 2.45) is 0 Å². The van der Waals surface area contributed by atoms with Crippen LogP contribution in [0.4, 0.5) is 0 Å². The maximum Gasteiger partial charge on any atom is 0.152 e. The largest absolute Gasteiger partial charge is 0.324 e. The molecule has 1 aromatic carbocycles. The highest BCUT2D eigenvalue weighted by Crippen LogP contribution is 2.27. The van der Waals surface area contributed by atoms with E-state index in [-0.39, 0.29) is 0 Å². The average molecular weight is 254 g/mol. The maximum atomic E-state index is 8.92. The van der Waals surface area contributed by atoms with Gasteiger partial charge < -0.3 is 4.57 Å². The summed E-state index contributed by atoms with van der Waals surface area (Å²) in [6, 6.07) is 7.75. The van der Waals surface area contributed by atoms with Gasteiger partial charge in [0.05, 0.1) is 33.1 Å². The average Bonchev–Trinajstić information content (AvgIpc) is 3.04. The second-order valence-electron chi connectivity index (χ2n) is 3.86. The molecule has 0 saturated heterocycles. The zero-order valence-corrected chi connectivity index (χ0v) is 10.6. The standard InChI is InChI=1S/C13H10N4S/c1-2-17-11-4-3-9(6-14)5-10(11)16-13(17)12-7-15-8-18-12/h3-5,7-8H,2H2,1H3. The van der Waals surface area contributed by atoms with Gasteiger partial charge >= 0.3 is 0 Å². The van der Waals surface area contributed by atoms with Crippen LogP contribution in [0.1, 0.15) is 12.5 Å². The molecule has 0 aliphatic carbocycles. The van der Waals surface area contributed by atoms with Gasteiger partial charge in [-0.25, -0.2) is 4.98 Å². The summed E-state index contributed by atoms with van der Waals surface area (Å²) in [5.41, 5.74) is 4.35. The van der Waals surface area contributed by atoms with Crippen LogP contribution in [0.3, 0.4) is 0 Å². The maximum absolute atomic E-state index is 8.92. The van der Waals surface area contributed by atoms with E-state index in [0.717, 1.165) is 28.3 Å². The predicted molar refractivity (Wildman–Crippen MR) is 71.2 cm³/mol. The number of hydrogen-bond acceptors (Lipinski definition) is 4. The lowest BCUT2D eigenvalue weighted by molar-refractivity contribution is 0.798. The lowest BCUT2D eigenvalue weighted by Gasteiger charge is -2.03. The van der Waals surface area contributed by atoms with Crippen LogP contribution < -0.4 is 0 Å². The zero-order valence-electron chi connectivity index (χ0n) is 9.79. The Kier molecular flexibility index (Phi) is 2.58. The molecule has 3 rings (SSSR count). The lowest BCUT2D eigenvalue weighted by Crippen LogP contribution is -1.96. The minimum absolute atomic E-state index is 0.638. The van der Waals surface area contributed by atoms with E-state index < -0.39 is 0 Å². The number of thiazole rings is 1. The lowest BCUT2D eigenvalue weighted by atomic mass is 10.2. The van der Waals surface area contributed by atoms with Crippen LogP contribution in [0, 0.1) is 11.3 Å². The smallest absolute Gasteiger partial charge is 0.152 e. The summed E-state index contributed by atoms with van der Waals surface area (Å²) >= 11 is 1.57. The van der Waals surface area contributed by atoms with Crippen molar-refractivity contribution in [2.75, 3.05) is 0 Å². The Labute approximate surface area is 108 Å². The van der Waals surface area contributed by atoms with Crippen molar-refractivity contribution in [3.8, 4) is 16.8 Å². The molecular weight excluding hydrogens is 244 g/mol. The molecule has 0 N–H and O–H groups in total. The number of benzene rings is 1. The van der Waals surface area contributed by atoms with Crippen molar-refractivity contribution in [3.63, 3.8) is 0 Å². The topological polar surface area (TPSA) is 54.5 Å². The molecule has 4 nitrogen and oxygen atoms in total. The summed E-state index contributed by atoms with van der Waals surface area (Å²) in [5.74, 6) is 0.921. The monoisotopic (exact) mass is 254 g/mol. The first-order chi connectivity index (χ1) is 8.83. The minimum Gasteiger partial charge on any atom is -0.324 e. The first-order valence-corrected chi connectivity index (χ1v) is 6.50. The number of aromatic nitrogens is 3. The zero-order chi connectivity index (χ0) is 12.5. The molecule has 0 atom stereocenters. The molecule has 0 aliphatic rings. The Morgan fingerprint density at radius 1 is 1.44 bits per heavy atom. The third-order valence-electron chi connectivity index (χ3n) is 2.85. The van der Waals surface area contributed by atoms with Crippen LogP contribution in [-0.4, -0.2) is 14.5 Å². The van der Waals surface area contributed by atoms with Crippen molar-refractivity contribution in [3.05, 3.63) is 35.5 Å². The summed E-state index contributed by atoms with van der Waals surface area (Å²) in [7, 11) is 0. The van der Waals surface area contributed by atoms with E-state index >= 15 is 0 Å². The van der Waals surface area contributed by atoms with Gasteiger partial charge in [0.25, 0.3) is 0 Å². The van der Waals surface area contributed by atoms with Crippen LogP contribution in [0.5, 0.6) is 0 Å². The summed E-state index contributed by atoms with van der Waals surface area (Å²) in [5, 5.41) is 8.92. The number of aryl methyl sites for hydroxylation is 1. The van der Waals surface area contributed by atoms with E-state index in [1.807, 2.05) is 24.4 Å². The second kappa shape index (κ2) is 4.24. The van der Waals surface area contributed by atoms with Gasteiger partial charge in [-0.2, -0.15) is 5.26 Å². The van der Waals surface area contributed by atoms with Crippen molar-refractivity contribution in [2.45, 2.75) is 13.5 Å². The molecule has 0 amide bonds. The fourth-order valence-electron chi connectivity index (χ4n) is 2.03. The summed E-state index contributed by atoms with van der Waals surface area (Å²) in [4.78, 5) is 9.76. The molecule has 18 heavy (non-hydrogen) atoms. The third kappa shape index (κ3) is 1.59. The highest BCUT2D eigenvalue weighted by Gasteiger charge is 2.12. The first kappa shape index (κ1) is 10.9. The van der Waals surface area contributed by atoms with Gasteiger partial charge in [0.15, 0.2) is 5.82 Å². The fraction of sp³-hybridized carbons (Fsp3) is 0.154. The second-order valence-corrected chi connectivity index (χ2v) is 4.75. The SMILES string of the molecule is CCn1c(-c2cncs2)nc2cc(C#N)ccc21. The van der Waals surface area contributed by atoms with Crippen LogP contribution >= 0.6 is 11.3 Å². The number of nitrogens with zero attached hydrogens (tertiary/aromatic N) is 4. The highest BCUT2D eigenvalue weighted by atomic mass is 32.1. The van der Waals surface area contributed by atoms with E-state index in [1.165, 1.54) is 0 Å². The fourth-order valence-corrected chi connectivity index (χ4v) is 2.65. The van der Waals surface area contributed by atoms with E-state index in [4.69, 9.17) is 5.26 Å². The molecule has 0 fully saturated rings. The molecular formula is C13H10N4S. The molecule has 0 saturated carbocycles. The Hall–Kier alpha value is -2.19. The van der Waals surface area contributed by atoms with Gasteiger partial charge in [-0.05, 0) is 25.1 Å². The molecule has 3 aromatic rings. The van der Waals surface area contributed by atoms with Gasteiger partial charge in [-0.1, -0.05) is 0 Å². The third-order valence-corrected chi connectivity index (χ3v) is 3.62. The summed E-state index contributed by atoms with van der Waals surface area (Å²) < 4.78 is 2.14. The molecule has 0 spiro atoms. The van der Waals surface area contributed by atoms with Crippen LogP contribution in [0.15, 0.2) is 29.9 Å². The van der Waals surface area contributed by atoms with Crippen LogP contribution in [-0.2, 0) is 6.54 Å². The minimum atomic E-state index is 0.638. The number of hydrogen-bond donors (Lipinski definition) is 0. The van der Waals surface area contributed by atoms with Crippen molar-refractivity contribution >= 4 is 22.4 Å². The van der Waals surface area contributed by atoms with Crippen LogP contribution in [0.2, 0.25) is 0 Å². The van der Waals surface area contributed by atoms with E-state index in [9.17, 15) is 0 Å². The van der Waals surface area contributed by atoms with Gasteiger partial charge in [-0.3, -0.25) is 4.98 Å². The molecule has 2 heterocycles. The molecule has 0 bridgehead atoms. The van der Waals surface area contributed by atoms with Gasteiger partial charge in [0.2, 0.25) is 0 Å². The Bertz CT molecular complexity index is 734. The first-order valence-electron chi connectivity index (χ1n) is 5.62. The normalized spacial score (nSPS) is 10.7. The van der Waals surface area contributed by atoms with Crippen molar-refractivity contribution in [1.82, 2.24) is 14.5 Å². The van der Waals surface area contributed by atoms with Gasteiger partial charge in [0.1, 0.15) is 0 Å². The molecule has 5 heteroatoms. The number of nitriles is 1. The van der Waals surface area contributed by atoms with E-state index in [0.29, 0.717) is 5.56 Å². The summed E-state index contributed by atoms with van der Waals surface area (Å²) in [6.45, 7) is 2.93. The molecule has 0 aliphatic heterocycles. The highest BCUT2D eigenvalue weighted by molar-refractivity contribution is 7.13. The van der Waals surface area contributed by atoms with E-state index in [2.05, 4.69) is 27.5 Å². The van der Waals surface area contributed by atoms with Gasteiger partial charge in [0, 0.05) is 12.7 Å². The Morgan fingerprint density at radius 2 is 2.33 bits per heavy atom. The number of rotatable bonds is 2. The summed E-state index contributed by atoms with van der Waals surface area (Å²) in [6.07, 6.45) is 1.82. The predicted octanol–water partition coefficient (Wildman–Crippen LogP) is 3.05. The molecule has 2 aromatic heterocycles. The van der Waals surface area contributed by atoms with Gasteiger partial charge in [-0.15, -0.1) is 11.3 Å². The Balaban J connectivity index is 2.30. The molecule has 88 valence electrons. The quantitative estimate of drug-likeness (QED) is 0.706. The van der Waals surface area contributed by atoms with Crippen molar-refractivity contribution < 1.29 is 0 Å². The van der Waals surface area contributed by atoms with E-state index in [1.54, 1.807) is 16.8 Å². The molecule has 0 radical (unpaired) electrons. The van der Waals surface area contributed by atoms with Crippen molar-refractivity contribution in [1.29, 1.82) is 5.26 Å². The van der Waals surface area contributed by atoms with Crippen LogP contribution in [0.25, 0.3) is 21.7 Å².